The molecule has 2 aliphatic heterocycles. The van der Waals surface area contributed by atoms with Gasteiger partial charge in [-0.3, -0.25) is 18.3 Å². The molecule has 2 fully saturated rings. The van der Waals surface area contributed by atoms with Gasteiger partial charge >= 0.3 is 5.56 Å². The van der Waals surface area contributed by atoms with Gasteiger partial charge in [-0.15, -0.1) is 0 Å². The molecule has 12 heteroatoms. The molecule has 0 radical (unpaired) electrons. The minimum Gasteiger partial charge on any atom is -0.501 e. The number of ether oxygens (including phenoxy) is 1. The van der Waals surface area contributed by atoms with Gasteiger partial charge in [-0.1, -0.05) is 18.2 Å². The molecule has 0 bridgehead atoms. The second kappa shape index (κ2) is 9.67. The van der Waals surface area contributed by atoms with Gasteiger partial charge in [-0.25, -0.2) is 13.4 Å². The summed E-state index contributed by atoms with van der Waals surface area (Å²) in [6.45, 7) is 6.47. The molecule has 0 spiro atoms. The number of carbonyl (C=O) groups excluding carboxylic acids is 1. The molecule has 0 atom stereocenters. The van der Waals surface area contributed by atoms with Crippen LogP contribution in [0.5, 0.6) is 5.75 Å². The summed E-state index contributed by atoms with van der Waals surface area (Å²) in [5, 5.41) is 13.4. The van der Waals surface area contributed by atoms with E-state index < -0.39 is 32.9 Å². The largest absolute Gasteiger partial charge is 0.501 e. The van der Waals surface area contributed by atoms with Gasteiger partial charge in [0.15, 0.2) is 11.3 Å². The fraction of sp³-hybridized carbons (Fsp3) is 0.400. The van der Waals surface area contributed by atoms with Crippen LogP contribution < -0.4 is 20.1 Å². The van der Waals surface area contributed by atoms with E-state index in [0.717, 1.165) is 21.1 Å². The zero-order chi connectivity index (χ0) is 26.3. The minimum absolute atomic E-state index is 0.0124. The van der Waals surface area contributed by atoms with E-state index in [-0.39, 0.29) is 30.2 Å². The van der Waals surface area contributed by atoms with Crippen molar-refractivity contribution in [2.24, 2.45) is 0 Å². The molecule has 0 unspecified atom stereocenters. The Morgan fingerprint density at radius 2 is 1.89 bits per heavy atom. The van der Waals surface area contributed by atoms with Crippen molar-refractivity contribution < 1.29 is 23.1 Å². The molecular formula is C25H29N5O6S. The summed E-state index contributed by atoms with van der Waals surface area (Å²) in [6, 6.07) is 7.45. The first-order valence-electron chi connectivity index (χ1n) is 12.1. The molecule has 1 amide bonds. The van der Waals surface area contributed by atoms with E-state index in [0.29, 0.717) is 38.4 Å². The van der Waals surface area contributed by atoms with E-state index in [9.17, 15) is 23.1 Å². The Morgan fingerprint density at radius 1 is 1.14 bits per heavy atom. The number of nitrogens with one attached hydrogen (secondary N) is 1. The van der Waals surface area contributed by atoms with Crippen molar-refractivity contribution in [3.8, 4) is 5.75 Å². The maximum atomic E-state index is 13.3. The van der Waals surface area contributed by atoms with Gasteiger partial charge in [0, 0.05) is 32.4 Å². The average Bonchev–Trinajstić information content (AvgIpc) is 3.25. The van der Waals surface area contributed by atoms with Crippen molar-refractivity contribution in [2.75, 3.05) is 47.8 Å². The van der Waals surface area contributed by atoms with Gasteiger partial charge in [-0.05, 0) is 43.0 Å². The number of pyridine rings is 1. The van der Waals surface area contributed by atoms with Crippen LogP contribution in [-0.4, -0.2) is 67.4 Å². The number of aromatic nitrogens is 2. The average molecular weight is 528 g/mol. The number of carbonyl (C=O) groups is 1. The lowest BCUT2D eigenvalue weighted by Gasteiger charge is -2.30. The minimum atomic E-state index is -3.62. The van der Waals surface area contributed by atoms with Crippen molar-refractivity contribution in [1.82, 2.24) is 14.7 Å². The van der Waals surface area contributed by atoms with Crippen LogP contribution in [0.2, 0.25) is 0 Å². The van der Waals surface area contributed by atoms with Crippen molar-refractivity contribution >= 4 is 33.0 Å². The van der Waals surface area contributed by atoms with Crippen LogP contribution in [0.4, 0.5) is 11.4 Å². The number of hydrogen-bond acceptors (Lipinski definition) is 8. The van der Waals surface area contributed by atoms with Crippen LogP contribution >= 0.6 is 0 Å². The quantitative estimate of drug-likeness (QED) is 0.508. The molecule has 2 aliphatic rings. The maximum absolute atomic E-state index is 13.3. The summed E-state index contributed by atoms with van der Waals surface area (Å²) in [6.07, 6.45) is 1.95. The SMILES string of the molecule is Cc1ccc(CNC(=O)c2nc3c(N4CCCS4(=O)=O)cc(N4CCOCC4)cn3c(=O)c2O)cc1C. The predicted octanol–water partition coefficient (Wildman–Crippen LogP) is 1.32. The monoisotopic (exact) mass is 527 g/mol. The molecule has 3 aromatic rings. The smallest absolute Gasteiger partial charge is 0.301 e. The van der Waals surface area contributed by atoms with Crippen molar-refractivity contribution in [3.63, 3.8) is 0 Å². The molecule has 0 aliphatic carbocycles. The molecule has 196 valence electrons. The highest BCUT2D eigenvalue weighted by atomic mass is 32.2. The molecule has 1 aromatic carbocycles. The number of aryl methyl sites for hydroxylation is 2. The Hall–Kier alpha value is -3.64. The number of nitrogens with zero attached hydrogens (tertiary/aromatic N) is 4. The number of rotatable bonds is 5. The Bertz CT molecular complexity index is 1550. The van der Waals surface area contributed by atoms with Gasteiger partial charge in [-0.2, -0.15) is 0 Å². The summed E-state index contributed by atoms with van der Waals surface area (Å²) in [5.74, 6) is -1.56. The third-order valence-corrected chi connectivity index (χ3v) is 8.71. The first kappa shape index (κ1) is 25.0. The Labute approximate surface area is 214 Å². The summed E-state index contributed by atoms with van der Waals surface area (Å²) in [7, 11) is -3.62. The Morgan fingerprint density at radius 3 is 2.57 bits per heavy atom. The first-order valence-corrected chi connectivity index (χ1v) is 13.7. The van der Waals surface area contributed by atoms with Crippen molar-refractivity contribution in [1.29, 1.82) is 0 Å². The molecular weight excluding hydrogens is 498 g/mol. The Balaban J connectivity index is 1.58. The lowest BCUT2D eigenvalue weighted by atomic mass is 10.1. The van der Waals surface area contributed by atoms with E-state index >= 15 is 0 Å². The van der Waals surface area contributed by atoms with Gasteiger partial charge in [0.2, 0.25) is 15.8 Å². The molecule has 2 aromatic heterocycles. The van der Waals surface area contributed by atoms with Crippen LogP contribution in [-0.2, 0) is 21.3 Å². The molecule has 2 N–H and O–H groups in total. The number of fused-ring (bicyclic) bond motifs is 1. The number of hydrogen-bond donors (Lipinski definition) is 2. The zero-order valence-electron chi connectivity index (χ0n) is 20.7. The summed E-state index contributed by atoms with van der Waals surface area (Å²) in [5.41, 5.74) is 2.53. The van der Waals surface area contributed by atoms with Gasteiger partial charge in [0.05, 0.1) is 30.3 Å². The normalized spacial score (nSPS) is 17.4. The number of anilines is 2. The highest BCUT2D eigenvalue weighted by Crippen LogP contribution is 2.32. The topological polar surface area (TPSA) is 134 Å². The molecule has 4 heterocycles. The van der Waals surface area contributed by atoms with Gasteiger partial charge in [0.1, 0.15) is 0 Å². The number of aromatic hydroxyl groups is 1. The van der Waals surface area contributed by atoms with Crippen LogP contribution in [0.15, 0.2) is 35.3 Å². The third kappa shape index (κ3) is 4.74. The molecule has 0 saturated carbocycles. The number of amides is 1. The Kier molecular flexibility index (Phi) is 6.54. The van der Waals surface area contributed by atoms with Crippen molar-refractivity contribution in [3.05, 3.63) is 63.2 Å². The van der Waals surface area contributed by atoms with E-state index in [1.54, 1.807) is 6.07 Å². The zero-order valence-corrected chi connectivity index (χ0v) is 21.5. The molecule has 2 saturated heterocycles. The lowest BCUT2D eigenvalue weighted by molar-refractivity contribution is 0.0942. The van der Waals surface area contributed by atoms with Gasteiger partial charge < -0.3 is 20.1 Å². The number of sulfonamides is 1. The van der Waals surface area contributed by atoms with E-state index in [4.69, 9.17) is 4.74 Å². The fourth-order valence-corrected chi connectivity index (χ4v) is 6.18. The molecule has 5 rings (SSSR count). The second-order valence-corrected chi connectivity index (χ2v) is 11.3. The standard InChI is InChI=1S/C25H29N5O6S/c1-16-4-5-18(12-17(16)2)14-26-24(32)21-22(31)25(33)29-15-19(28-7-9-36-10-8-28)13-20(23(29)27-21)30-6-3-11-37(30,34)35/h4-5,12-13,15,31H,3,6-11,14H2,1-2H3,(H,26,32). The number of morpholine rings is 1. The summed E-state index contributed by atoms with van der Waals surface area (Å²) < 4.78 is 33.4. The van der Waals surface area contributed by atoms with E-state index in [1.165, 1.54) is 10.5 Å². The summed E-state index contributed by atoms with van der Waals surface area (Å²) >= 11 is 0. The summed E-state index contributed by atoms with van der Waals surface area (Å²) in [4.78, 5) is 32.6. The second-order valence-electron chi connectivity index (χ2n) is 9.33. The van der Waals surface area contributed by atoms with Crippen LogP contribution in [0.25, 0.3) is 5.65 Å². The maximum Gasteiger partial charge on any atom is 0.301 e. The fourth-order valence-electron chi connectivity index (χ4n) is 4.62. The van der Waals surface area contributed by atoms with Crippen molar-refractivity contribution in [2.45, 2.75) is 26.8 Å². The lowest BCUT2D eigenvalue weighted by Crippen LogP contribution is -2.37. The van der Waals surface area contributed by atoms with Gasteiger partial charge in [0.25, 0.3) is 5.91 Å². The molecule has 37 heavy (non-hydrogen) atoms. The van der Waals surface area contributed by atoms with E-state index in [2.05, 4.69) is 10.3 Å². The number of benzene rings is 1. The molecule has 11 nitrogen and oxygen atoms in total. The first-order chi connectivity index (χ1) is 17.7. The van der Waals surface area contributed by atoms with Crippen LogP contribution in [0.3, 0.4) is 0 Å². The van der Waals surface area contributed by atoms with E-state index in [1.807, 2.05) is 36.9 Å². The van der Waals surface area contributed by atoms with Crippen LogP contribution in [0.1, 0.15) is 33.6 Å². The third-order valence-electron chi connectivity index (χ3n) is 6.85. The highest BCUT2D eigenvalue weighted by molar-refractivity contribution is 7.93. The highest BCUT2D eigenvalue weighted by Gasteiger charge is 2.32. The van der Waals surface area contributed by atoms with Crippen LogP contribution in [0, 0.1) is 13.8 Å². The predicted molar refractivity (Wildman–Crippen MR) is 139 cm³/mol.